The minimum absolute atomic E-state index is 0.182. The number of nitrogens with two attached hydrogens (primary N) is 1. The number of nitrogens with zero attached hydrogens (tertiary/aromatic N) is 1. The van der Waals surface area contributed by atoms with Crippen molar-refractivity contribution in [2.45, 2.75) is 19.9 Å². The highest BCUT2D eigenvalue weighted by molar-refractivity contribution is 6.32. The number of hydrogen-bond acceptors (Lipinski definition) is 3. The summed E-state index contributed by atoms with van der Waals surface area (Å²) in [4.78, 5) is 12.0. The van der Waals surface area contributed by atoms with Crippen LogP contribution < -0.4 is 10.5 Å². The molecule has 4 nitrogen and oxygen atoms in total. The van der Waals surface area contributed by atoms with Gasteiger partial charge in [0.15, 0.2) is 0 Å². The number of nitrogen functional groups attached to an aromatic ring is 1. The second-order valence-electron chi connectivity index (χ2n) is 4.44. The van der Waals surface area contributed by atoms with Crippen molar-refractivity contribution in [3.63, 3.8) is 0 Å². The van der Waals surface area contributed by atoms with E-state index in [1.54, 1.807) is 36.5 Å². The zero-order chi connectivity index (χ0) is 14.0. The van der Waals surface area contributed by atoms with Gasteiger partial charge in [0.1, 0.15) is 17.1 Å². The fourth-order valence-corrected chi connectivity index (χ4v) is 1.94. The van der Waals surface area contributed by atoms with Crippen molar-refractivity contribution < 1.29 is 9.53 Å². The molecule has 0 aliphatic carbocycles. The molecule has 1 aromatic carbocycles. The summed E-state index contributed by atoms with van der Waals surface area (Å²) in [6.07, 6.45) is 1.77. The smallest absolute Gasteiger partial charge is 0.347 e. The first-order valence-corrected chi connectivity index (χ1v) is 6.31. The number of carbonyl (C=O) groups is 1. The normalized spacial score (nSPS) is 10.7. The molecule has 0 bridgehead atoms. The summed E-state index contributed by atoms with van der Waals surface area (Å²) >= 11 is 5.94. The molecule has 0 aliphatic heterocycles. The molecule has 2 aromatic rings. The van der Waals surface area contributed by atoms with Crippen LogP contribution in [0.15, 0.2) is 36.5 Å². The van der Waals surface area contributed by atoms with E-state index in [0.29, 0.717) is 22.2 Å². The van der Waals surface area contributed by atoms with Gasteiger partial charge < -0.3 is 15.0 Å². The van der Waals surface area contributed by atoms with Gasteiger partial charge in [-0.2, -0.15) is 0 Å². The predicted octanol–water partition coefficient (Wildman–Crippen LogP) is 3.52. The molecule has 0 aliphatic rings. The highest BCUT2D eigenvalue weighted by Crippen LogP contribution is 2.26. The molecular formula is C14H15ClN2O2. The molecule has 5 heteroatoms. The number of carbonyl (C=O) groups excluding carboxylic acids is 1. The van der Waals surface area contributed by atoms with Gasteiger partial charge in [0.25, 0.3) is 0 Å². The lowest BCUT2D eigenvalue weighted by Gasteiger charge is -2.10. The Morgan fingerprint density at radius 1 is 1.32 bits per heavy atom. The van der Waals surface area contributed by atoms with Crippen molar-refractivity contribution in [3.8, 4) is 5.75 Å². The first-order chi connectivity index (χ1) is 9.00. The van der Waals surface area contributed by atoms with Crippen LogP contribution >= 0.6 is 11.6 Å². The van der Waals surface area contributed by atoms with Gasteiger partial charge >= 0.3 is 5.97 Å². The van der Waals surface area contributed by atoms with Gasteiger partial charge in [-0.05, 0) is 32.0 Å². The summed E-state index contributed by atoms with van der Waals surface area (Å²) in [5.41, 5.74) is 6.27. The van der Waals surface area contributed by atoms with Crippen LogP contribution in [-0.4, -0.2) is 10.5 Å². The Hall–Kier alpha value is -1.94. The van der Waals surface area contributed by atoms with Crippen molar-refractivity contribution in [3.05, 3.63) is 47.1 Å². The molecule has 1 aromatic heterocycles. The van der Waals surface area contributed by atoms with E-state index in [4.69, 9.17) is 22.1 Å². The van der Waals surface area contributed by atoms with Crippen LogP contribution in [0.25, 0.3) is 0 Å². The summed E-state index contributed by atoms with van der Waals surface area (Å²) in [5.74, 6) is 0.211. The fraction of sp³-hybridized carbons (Fsp3) is 0.214. The van der Waals surface area contributed by atoms with Crippen LogP contribution in [0.3, 0.4) is 0 Å². The molecule has 19 heavy (non-hydrogen) atoms. The van der Waals surface area contributed by atoms with Crippen LogP contribution in [0, 0.1) is 0 Å². The SMILES string of the molecule is CC(C)n1ccc(C(=O)Oc2ccccc2Cl)c1N. The Kier molecular flexibility index (Phi) is 3.81. The number of aromatic nitrogens is 1. The zero-order valence-electron chi connectivity index (χ0n) is 10.8. The maximum absolute atomic E-state index is 12.0. The van der Waals surface area contributed by atoms with Gasteiger partial charge in [-0.15, -0.1) is 0 Å². The minimum Gasteiger partial charge on any atom is -0.421 e. The molecule has 100 valence electrons. The second-order valence-corrected chi connectivity index (χ2v) is 4.84. The monoisotopic (exact) mass is 278 g/mol. The fourth-order valence-electron chi connectivity index (χ4n) is 1.76. The van der Waals surface area contributed by atoms with Gasteiger partial charge in [-0.1, -0.05) is 23.7 Å². The number of para-hydroxylation sites is 1. The third kappa shape index (κ3) is 2.74. The van der Waals surface area contributed by atoms with E-state index in [0.717, 1.165) is 0 Å². The third-order valence-corrected chi connectivity index (χ3v) is 3.08. The van der Waals surface area contributed by atoms with Crippen LogP contribution in [0.2, 0.25) is 5.02 Å². The number of halogens is 1. The second kappa shape index (κ2) is 5.36. The number of esters is 1. The Morgan fingerprint density at radius 2 is 2.00 bits per heavy atom. The quantitative estimate of drug-likeness (QED) is 0.690. The molecule has 0 saturated carbocycles. The number of hydrogen-bond donors (Lipinski definition) is 1. The van der Waals surface area contributed by atoms with Crippen LogP contribution in [0.4, 0.5) is 5.82 Å². The number of benzene rings is 1. The third-order valence-electron chi connectivity index (χ3n) is 2.77. The summed E-state index contributed by atoms with van der Waals surface area (Å²) in [5, 5.41) is 0.387. The number of anilines is 1. The summed E-state index contributed by atoms with van der Waals surface area (Å²) < 4.78 is 7.05. The highest BCUT2D eigenvalue weighted by atomic mass is 35.5. The summed E-state index contributed by atoms with van der Waals surface area (Å²) in [6.45, 7) is 3.97. The van der Waals surface area contributed by atoms with E-state index in [1.165, 1.54) is 0 Å². The maximum atomic E-state index is 12.0. The maximum Gasteiger partial charge on any atom is 0.347 e. The van der Waals surface area contributed by atoms with E-state index >= 15 is 0 Å². The molecule has 0 unspecified atom stereocenters. The molecule has 0 spiro atoms. The van der Waals surface area contributed by atoms with Crippen LogP contribution in [0.5, 0.6) is 5.75 Å². The molecule has 1 heterocycles. The summed E-state index contributed by atoms with van der Waals surface area (Å²) in [6, 6.07) is 8.64. The molecule has 0 atom stereocenters. The minimum atomic E-state index is -0.509. The van der Waals surface area contributed by atoms with E-state index < -0.39 is 5.97 Å². The van der Waals surface area contributed by atoms with Crippen molar-refractivity contribution in [1.82, 2.24) is 4.57 Å². The van der Waals surface area contributed by atoms with Crippen molar-refractivity contribution in [2.75, 3.05) is 5.73 Å². The van der Waals surface area contributed by atoms with Gasteiger partial charge in [-0.25, -0.2) is 4.79 Å². The molecule has 2 rings (SSSR count). The van der Waals surface area contributed by atoms with E-state index in [-0.39, 0.29) is 6.04 Å². The Bertz CT molecular complexity index is 605. The molecule has 0 saturated heterocycles. The largest absolute Gasteiger partial charge is 0.421 e. The van der Waals surface area contributed by atoms with E-state index in [1.807, 2.05) is 18.4 Å². The molecule has 0 fully saturated rings. The first kappa shape index (κ1) is 13.5. The Balaban J connectivity index is 2.24. The summed E-state index contributed by atoms with van der Waals surface area (Å²) in [7, 11) is 0. The number of rotatable bonds is 3. The zero-order valence-corrected chi connectivity index (χ0v) is 11.5. The lowest BCUT2D eigenvalue weighted by Crippen LogP contribution is -2.12. The van der Waals surface area contributed by atoms with E-state index in [2.05, 4.69) is 0 Å². The van der Waals surface area contributed by atoms with Crippen molar-refractivity contribution in [2.24, 2.45) is 0 Å². The van der Waals surface area contributed by atoms with Crippen LogP contribution in [-0.2, 0) is 0 Å². The predicted molar refractivity (Wildman–Crippen MR) is 75.6 cm³/mol. The lowest BCUT2D eigenvalue weighted by molar-refractivity contribution is 0.0736. The average molecular weight is 279 g/mol. The molecule has 2 N–H and O–H groups in total. The van der Waals surface area contributed by atoms with Gasteiger partial charge in [-0.3, -0.25) is 0 Å². The first-order valence-electron chi connectivity index (χ1n) is 5.93. The van der Waals surface area contributed by atoms with Gasteiger partial charge in [0.05, 0.1) is 5.02 Å². The van der Waals surface area contributed by atoms with Crippen molar-refractivity contribution >= 4 is 23.4 Å². The molecule has 0 radical (unpaired) electrons. The van der Waals surface area contributed by atoms with E-state index in [9.17, 15) is 4.79 Å². The number of ether oxygens (including phenoxy) is 1. The lowest BCUT2D eigenvalue weighted by atomic mass is 10.3. The topological polar surface area (TPSA) is 57.2 Å². The van der Waals surface area contributed by atoms with Crippen molar-refractivity contribution in [1.29, 1.82) is 0 Å². The highest BCUT2D eigenvalue weighted by Gasteiger charge is 2.17. The molecule has 0 amide bonds. The van der Waals surface area contributed by atoms with Gasteiger partial charge in [0.2, 0.25) is 0 Å². The Morgan fingerprint density at radius 3 is 2.58 bits per heavy atom. The standard InChI is InChI=1S/C14H15ClN2O2/c1-9(2)17-8-7-10(13(17)16)14(18)19-12-6-4-3-5-11(12)15/h3-9H,16H2,1-2H3. The molecular weight excluding hydrogens is 264 g/mol. The Labute approximate surface area is 116 Å². The average Bonchev–Trinajstić information content (AvgIpc) is 2.74. The van der Waals surface area contributed by atoms with Crippen LogP contribution in [0.1, 0.15) is 30.2 Å². The van der Waals surface area contributed by atoms with Gasteiger partial charge in [0, 0.05) is 12.2 Å².